The fourth-order valence-electron chi connectivity index (χ4n) is 6.66. The van der Waals surface area contributed by atoms with Crippen LogP contribution in [0.1, 0.15) is 71.6 Å². The number of fused-ring (bicyclic) bond motifs is 1. The Labute approximate surface area is 184 Å². The molecule has 7 heteroatoms. The zero-order valence-corrected chi connectivity index (χ0v) is 18.6. The lowest BCUT2D eigenvalue weighted by Gasteiger charge is -2.35. The van der Waals surface area contributed by atoms with Crippen LogP contribution in [-0.4, -0.2) is 58.5 Å². The quantitative estimate of drug-likeness (QED) is 0.655. The maximum absolute atomic E-state index is 13.6. The second kappa shape index (κ2) is 7.91. The lowest BCUT2D eigenvalue weighted by molar-refractivity contribution is -0.144. The molecule has 170 valence electrons. The van der Waals surface area contributed by atoms with Crippen LogP contribution in [0.5, 0.6) is 0 Å². The zero-order valence-electron chi connectivity index (χ0n) is 18.6. The van der Waals surface area contributed by atoms with Gasteiger partial charge in [-0.2, -0.15) is 0 Å². The molecular formula is C24H35N3O4. The van der Waals surface area contributed by atoms with Crippen LogP contribution in [0.15, 0.2) is 12.2 Å². The van der Waals surface area contributed by atoms with Crippen molar-refractivity contribution in [2.45, 2.75) is 108 Å². The van der Waals surface area contributed by atoms with Crippen LogP contribution < -0.4 is 10.6 Å². The normalized spacial score (nSPS) is 37.6. The van der Waals surface area contributed by atoms with Crippen LogP contribution in [-0.2, 0) is 19.1 Å². The number of likely N-dealkylation sites (tertiary alicyclic amines) is 1. The highest BCUT2D eigenvalue weighted by molar-refractivity contribution is 6.00. The summed E-state index contributed by atoms with van der Waals surface area (Å²) >= 11 is 0. The molecule has 5 atom stereocenters. The number of hydrogen-bond acceptors (Lipinski definition) is 4. The van der Waals surface area contributed by atoms with Gasteiger partial charge >= 0.3 is 0 Å². The Bertz CT molecular complexity index is 784. The number of ether oxygens (including phenoxy) is 1. The molecule has 7 nitrogen and oxygen atoms in total. The monoisotopic (exact) mass is 429 g/mol. The topological polar surface area (TPSA) is 87.7 Å². The van der Waals surface area contributed by atoms with E-state index in [0.29, 0.717) is 0 Å². The Hall–Kier alpha value is -1.89. The van der Waals surface area contributed by atoms with E-state index in [9.17, 15) is 14.4 Å². The molecule has 2 aliphatic carbocycles. The van der Waals surface area contributed by atoms with E-state index in [0.717, 1.165) is 51.4 Å². The molecule has 0 aromatic heterocycles. The highest BCUT2D eigenvalue weighted by atomic mass is 16.5. The van der Waals surface area contributed by atoms with Crippen molar-refractivity contribution in [3.63, 3.8) is 0 Å². The average Bonchev–Trinajstić information content (AvgIpc) is 3.50. The molecule has 2 bridgehead atoms. The fraction of sp³-hybridized carbons (Fsp3) is 0.792. The molecule has 2 N–H and O–H groups in total. The Morgan fingerprint density at radius 2 is 1.58 bits per heavy atom. The van der Waals surface area contributed by atoms with E-state index in [1.165, 1.54) is 6.42 Å². The number of nitrogens with zero attached hydrogens (tertiary/aromatic N) is 1. The molecule has 5 aliphatic rings. The van der Waals surface area contributed by atoms with Gasteiger partial charge in [-0.1, -0.05) is 44.3 Å². The van der Waals surface area contributed by atoms with Gasteiger partial charge in [0.25, 0.3) is 0 Å². The molecule has 3 heterocycles. The minimum atomic E-state index is -1.04. The minimum Gasteiger partial charge on any atom is -0.359 e. The molecule has 1 spiro atoms. The predicted octanol–water partition coefficient (Wildman–Crippen LogP) is 2.05. The molecule has 0 aromatic carbocycles. The molecule has 0 radical (unpaired) electrons. The summed E-state index contributed by atoms with van der Waals surface area (Å²) in [6.07, 6.45) is 13.0. The minimum absolute atomic E-state index is 0.0986. The standard InChI is InChI=1S/C24H35N3O4/c1-14(2)27-20(22(29)26-16-8-4-3-5-9-16)24-13-12-17(31-24)18(19(24)23(27)30)21(28)25-15-10-6-7-11-15/h12-20H,3-11H2,1-2H3,(H,25,28)(H,26,29)/t17-,18+,19-,20-,24-/m1/s1. The first-order valence-electron chi connectivity index (χ1n) is 12.2. The summed E-state index contributed by atoms with van der Waals surface area (Å²) in [5, 5.41) is 6.38. The maximum Gasteiger partial charge on any atom is 0.246 e. The smallest absolute Gasteiger partial charge is 0.246 e. The molecule has 2 saturated carbocycles. The summed E-state index contributed by atoms with van der Waals surface area (Å²) in [5.41, 5.74) is -1.04. The molecule has 3 aliphatic heterocycles. The molecule has 4 fully saturated rings. The lowest BCUT2D eigenvalue weighted by Crippen LogP contribution is -2.57. The number of amides is 3. The summed E-state index contributed by atoms with van der Waals surface area (Å²) < 4.78 is 6.36. The van der Waals surface area contributed by atoms with Crippen LogP contribution in [0.2, 0.25) is 0 Å². The second-order valence-electron chi connectivity index (χ2n) is 10.4. The van der Waals surface area contributed by atoms with Crippen LogP contribution in [0.3, 0.4) is 0 Å². The Morgan fingerprint density at radius 1 is 1.00 bits per heavy atom. The average molecular weight is 430 g/mol. The zero-order chi connectivity index (χ0) is 21.8. The molecule has 2 saturated heterocycles. The predicted molar refractivity (Wildman–Crippen MR) is 115 cm³/mol. The van der Waals surface area contributed by atoms with Gasteiger partial charge < -0.3 is 20.3 Å². The van der Waals surface area contributed by atoms with Crippen molar-refractivity contribution in [1.82, 2.24) is 15.5 Å². The lowest BCUT2D eigenvalue weighted by atomic mass is 9.74. The van der Waals surface area contributed by atoms with Crippen LogP contribution in [0.25, 0.3) is 0 Å². The Morgan fingerprint density at radius 3 is 2.19 bits per heavy atom. The van der Waals surface area contributed by atoms with E-state index in [-0.39, 0.29) is 35.8 Å². The van der Waals surface area contributed by atoms with Crippen LogP contribution >= 0.6 is 0 Å². The van der Waals surface area contributed by atoms with Gasteiger partial charge in [-0.15, -0.1) is 0 Å². The van der Waals surface area contributed by atoms with Gasteiger partial charge in [0.2, 0.25) is 17.7 Å². The van der Waals surface area contributed by atoms with Gasteiger partial charge in [0.15, 0.2) is 0 Å². The summed E-state index contributed by atoms with van der Waals surface area (Å²) in [6, 6.07) is -0.527. The van der Waals surface area contributed by atoms with E-state index in [1.54, 1.807) is 4.90 Å². The number of carbonyl (C=O) groups excluding carboxylic acids is 3. The van der Waals surface area contributed by atoms with Crippen molar-refractivity contribution >= 4 is 17.7 Å². The van der Waals surface area contributed by atoms with E-state index in [2.05, 4.69) is 10.6 Å². The molecule has 0 aromatic rings. The van der Waals surface area contributed by atoms with Gasteiger partial charge in [-0.05, 0) is 39.5 Å². The summed E-state index contributed by atoms with van der Waals surface area (Å²) in [7, 11) is 0. The summed E-state index contributed by atoms with van der Waals surface area (Å²) in [4.78, 5) is 42.1. The molecule has 3 amide bonds. The van der Waals surface area contributed by atoms with Crippen LogP contribution in [0.4, 0.5) is 0 Å². The second-order valence-corrected chi connectivity index (χ2v) is 10.4. The Balaban J connectivity index is 1.42. The molecular weight excluding hydrogens is 394 g/mol. The number of carbonyl (C=O) groups is 3. The van der Waals surface area contributed by atoms with Crippen molar-refractivity contribution in [3.05, 3.63) is 12.2 Å². The highest BCUT2D eigenvalue weighted by Gasteiger charge is 2.73. The SMILES string of the molecule is CC(C)N1C(=O)[C@H]2[C@@H](C(=O)NC3CCCC3)[C@H]3C=C[C@]2(O3)[C@H]1C(=O)NC1CCCCC1. The highest BCUT2D eigenvalue weighted by Crippen LogP contribution is 2.55. The molecule has 5 rings (SSSR count). The van der Waals surface area contributed by atoms with E-state index >= 15 is 0 Å². The first-order valence-corrected chi connectivity index (χ1v) is 12.2. The third kappa shape index (κ3) is 3.31. The van der Waals surface area contributed by atoms with Crippen LogP contribution in [0, 0.1) is 11.8 Å². The fourth-order valence-corrected chi connectivity index (χ4v) is 6.66. The van der Waals surface area contributed by atoms with E-state index < -0.39 is 29.6 Å². The van der Waals surface area contributed by atoms with Gasteiger partial charge in [0.1, 0.15) is 11.6 Å². The van der Waals surface area contributed by atoms with Crippen molar-refractivity contribution in [1.29, 1.82) is 0 Å². The molecule has 31 heavy (non-hydrogen) atoms. The van der Waals surface area contributed by atoms with Gasteiger partial charge in [0, 0.05) is 18.1 Å². The number of nitrogens with one attached hydrogen (secondary N) is 2. The van der Waals surface area contributed by atoms with E-state index in [4.69, 9.17) is 4.74 Å². The summed E-state index contributed by atoms with van der Waals surface area (Å²) in [5.74, 6) is -1.56. The van der Waals surface area contributed by atoms with Gasteiger partial charge in [-0.25, -0.2) is 0 Å². The van der Waals surface area contributed by atoms with Crippen molar-refractivity contribution in [3.8, 4) is 0 Å². The first-order chi connectivity index (χ1) is 14.9. The van der Waals surface area contributed by atoms with E-state index in [1.807, 2.05) is 26.0 Å². The largest absolute Gasteiger partial charge is 0.359 e. The number of hydrogen-bond donors (Lipinski definition) is 2. The van der Waals surface area contributed by atoms with Gasteiger partial charge in [0.05, 0.1) is 17.9 Å². The third-order valence-electron chi connectivity index (χ3n) is 8.07. The van der Waals surface area contributed by atoms with Crippen molar-refractivity contribution < 1.29 is 19.1 Å². The van der Waals surface area contributed by atoms with Crippen molar-refractivity contribution in [2.75, 3.05) is 0 Å². The first kappa shape index (κ1) is 21.0. The third-order valence-corrected chi connectivity index (χ3v) is 8.07. The summed E-state index contributed by atoms with van der Waals surface area (Å²) in [6.45, 7) is 3.86. The maximum atomic E-state index is 13.6. The Kier molecular flexibility index (Phi) is 5.35. The van der Waals surface area contributed by atoms with Crippen molar-refractivity contribution in [2.24, 2.45) is 11.8 Å². The van der Waals surface area contributed by atoms with Gasteiger partial charge in [-0.3, -0.25) is 14.4 Å². The number of rotatable bonds is 5. The molecule has 0 unspecified atom stereocenters.